The molecule has 2 heterocycles. The number of aliphatic hydroxyl groups excluding tert-OH is 1. The summed E-state index contributed by atoms with van der Waals surface area (Å²) in [5, 5.41) is 34.4. The molecule has 11 heteroatoms. The quantitative estimate of drug-likeness (QED) is 0.413. The van der Waals surface area contributed by atoms with Crippen molar-refractivity contribution in [3.05, 3.63) is 67.8 Å². The second kappa shape index (κ2) is 5.79. The number of halogens is 1. The van der Waals surface area contributed by atoms with Crippen molar-refractivity contribution in [2.75, 3.05) is 0 Å². The Morgan fingerprint density at radius 2 is 2.12 bits per heavy atom. The summed E-state index contributed by atoms with van der Waals surface area (Å²) in [7, 11) is 0. The second-order valence-corrected chi connectivity index (χ2v) is 5.35. The zero-order valence-electron chi connectivity index (χ0n) is 11.6. The van der Waals surface area contributed by atoms with Crippen molar-refractivity contribution < 1.29 is 24.4 Å². The van der Waals surface area contributed by atoms with E-state index in [2.05, 4.69) is 9.59 Å². The van der Waals surface area contributed by atoms with Gasteiger partial charge in [-0.05, 0) is 29.8 Å². The molecule has 1 aliphatic carbocycles. The molecule has 0 fully saturated rings. The highest BCUT2D eigenvalue weighted by Crippen LogP contribution is 2.19. The third-order valence-corrected chi connectivity index (χ3v) is 3.91. The van der Waals surface area contributed by atoms with E-state index in [1.807, 2.05) is 0 Å². The van der Waals surface area contributed by atoms with Crippen LogP contribution in [0.4, 0.5) is 4.39 Å². The minimum absolute atomic E-state index is 0.00772. The summed E-state index contributed by atoms with van der Waals surface area (Å²) in [6, 6.07) is 0. The monoisotopic (exact) mass is 350 g/mol. The van der Waals surface area contributed by atoms with Crippen molar-refractivity contribution in [2.24, 2.45) is 0 Å². The number of nitro groups is 1. The van der Waals surface area contributed by atoms with E-state index in [4.69, 9.17) is 0 Å². The molecule has 0 aromatic carbocycles. The van der Waals surface area contributed by atoms with Gasteiger partial charge in [-0.3, -0.25) is 20.1 Å². The maximum atomic E-state index is 13.5. The molecule has 1 aliphatic heterocycles. The molecule has 0 amide bonds. The molecule has 1 aromatic heterocycles. The lowest BCUT2D eigenvalue weighted by Gasteiger charge is -2.16. The largest absolute Gasteiger partial charge is 0.504 e. The normalized spacial score (nSPS) is 22.2. The van der Waals surface area contributed by atoms with E-state index in [1.165, 1.54) is 12.2 Å². The van der Waals surface area contributed by atoms with Gasteiger partial charge >= 0.3 is 5.70 Å². The molecule has 0 atom stereocenters. The van der Waals surface area contributed by atoms with Crippen molar-refractivity contribution >= 4 is 28.6 Å². The van der Waals surface area contributed by atoms with Crippen LogP contribution >= 0.6 is 11.5 Å². The van der Waals surface area contributed by atoms with Gasteiger partial charge in [0.2, 0.25) is 5.95 Å². The van der Waals surface area contributed by atoms with Crippen LogP contribution in [0.1, 0.15) is 0 Å². The lowest BCUT2D eigenvalue weighted by Crippen LogP contribution is -2.32. The molecule has 2 aliphatic rings. The van der Waals surface area contributed by atoms with Crippen molar-refractivity contribution in [1.29, 1.82) is 0 Å². The van der Waals surface area contributed by atoms with Crippen LogP contribution in [0.2, 0.25) is 0 Å². The molecule has 9 nitrogen and oxygen atoms in total. The van der Waals surface area contributed by atoms with E-state index in [1.54, 1.807) is 0 Å². The molecule has 2 N–H and O–H groups in total. The van der Waals surface area contributed by atoms with Gasteiger partial charge in [0.25, 0.3) is 5.78 Å². The van der Waals surface area contributed by atoms with E-state index in [-0.39, 0.29) is 26.2 Å². The number of allylic oxidation sites excluding steroid dienone is 4. The molecule has 3 rings (SSSR count). The summed E-state index contributed by atoms with van der Waals surface area (Å²) in [4.78, 5) is 21.6. The van der Waals surface area contributed by atoms with Crippen LogP contribution in [-0.4, -0.2) is 35.7 Å². The van der Waals surface area contributed by atoms with Gasteiger partial charge in [-0.2, -0.15) is 9.45 Å². The minimum atomic E-state index is -1.13. The lowest BCUT2D eigenvalue weighted by atomic mass is 10.0. The topological polar surface area (TPSA) is 130 Å². The number of nitrogens with zero attached hydrogens (tertiary/aromatic N) is 4. The number of ketones is 1. The highest BCUT2D eigenvalue weighted by Gasteiger charge is 2.30. The van der Waals surface area contributed by atoms with Gasteiger partial charge in [0, 0.05) is 11.6 Å². The highest BCUT2D eigenvalue weighted by atomic mass is 32.1. The summed E-state index contributed by atoms with van der Waals surface area (Å²) in [5.41, 5.74) is -0.791. The number of aromatic nitrogens is 2. The summed E-state index contributed by atoms with van der Waals surface area (Å²) in [6.45, 7) is 0. The standard InChI is InChI=1S/C13H7FN4O5S/c14-10-3-1-2-7(17(10)21)13-11(15-16-24-13)6-4-8(18(22)23)12(20)9(19)5-6/h1-5,19,21H/b11-6-,13-7-. The van der Waals surface area contributed by atoms with Crippen LogP contribution in [0.15, 0.2) is 47.8 Å². The third-order valence-electron chi connectivity index (χ3n) is 3.16. The van der Waals surface area contributed by atoms with Crippen LogP contribution in [0.5, 0.6) is 0 Å². The van der Waals surface area contributed by atoms with E-state index < -0.39 is 28.1 Å². The van der Waals surface area contributed by atoms with Crippen LogP contribution in [0.3, 0.4) is 0 Å². The first-order valence-corrected chi connectivity index (χ1v) is 7.09. The summed E-state index contributed by atoms with van der Waals surface area (Å²) < 4.78 is 17.4. The van der Waals surface area contributed by atoms with E-state index in [9.17, 15) is 29.6 Å². The Bertz CT molecular complexity index is 1000. The van der Waals surface area contributed by atoms with E-state index >= 15 is 0 Å². The first-order valence-electron chi connectivity index (χ1n) is 6.31. The predicted molar refractivity (Wildman–Crippen MR) is 78.7 cm³/mol. The minimum Gasteiger partial charge on any atom is -0.504 e. The number of rotatable bonds is 1. The zero-order valence-corrected chi connectivity index (χ0v) is 12.4. The molecule has 0 bridgehead atoms. The first kappa shape index (κ1) is 15.7. The maximum Gasteiger partial charge on any atom is 0.320 e. The molecule has 0 unspecified atom stereocenters. The Kier molecular flexibility index (Phi) is 3.79. The number of carbonyl (C=O) groups excluding carboxylic acids is 1. The van der Waals surface area contributed by atoms with Crippen LogP contribution in [0, 0.1) is 10.1 Å². The van der Waals surface area contributed by atoms with Crippen LogP contribution in [-0.2, 0) is 4.79 Å². The number of hydroxylamine groups is 2. The van der Waals surface area contributed by atoms with E-state index in [0.29, 0.717) is 0 Å². The molecule has 0 spiro atoms. The molecule has 24 heavy (non-hydrogen) atoms. The van der Waals surface area contributed by atoms with Crippen molar-refractivity contribution in [3.8, 4) is 0 Å². The fourth-order valence-corrected chi connectivity index (χ4v) is 2.76. The van der Waals surface area contributed by atoms with Crippen LogP contribution in [0.25, 0.3) is 11.3 Å². The molecular formula is C13H7FN4O5S. The summed E-state index contributed by atoms with van der Waals surface area (Å²) in [5.74, 6) is -2.89. The van der Waals surface area contributed by atoms with Crippen molar-refractivity contribution in [1.82, 2.24) is 14.7 Å². The Morgan fingerprint density at radius 1 is 1.38 bits per heavy atom. The summed E-state index contributed by atoms with van der Waals surface area (Å²) >= 11 is 0.806. The maximum absolute atomic E-state index is 13.5. The Morgan fingerprint density at radius 3 is 2.83 bits per heavy atom. The number of aliphatic hydroxyl groups is 1. The summed E-state index contributed by atoms with van der Waals surface area (Å²) in [6.07, 6.45) is 5.69. The average molecular weight is 350 g/mol. The van der Waals surface area contributed by atoms with E-state index in [0.717, 1.165) is 29.8 Å². The van der Waals surface area contributed by atoms with Gasteiger partial charge in [-0.1, -0.05) is 10.6 Å². The van der Waals surface area contributed by atoms with Crippen molar-refractivity contribution in [3.63, 3.8) is 0 Å². The Labute approximate surface area is 136 Å². The molecular weight excluding hydrogens is 343 g/mol. The number of carbonyl (C=O) groups is 1. The lowest BCUT2D eigenvalue weighted by molar-refractivity contribution is -0.418. The smallest absolute Gasteiger partial charge is 0.320 e. The van der Waals surface area contributed by atoms with Gasteiger partial charge in [-0.15, -0.1) is 5.10 Å². The molecule has 1 aromatic rings. The van der Waals surface area contributed by atoms with Gasteiger partial charge < -0.3 is 5.11 Å². The van der Waals surface area contributed by atoms with Gasteiger partial charge in [0.1, 0.15) is 9.88 Å². The predicted octanol–water partition coefficient (Wildman–Crippen LogP) is 0.0541. The molecule has 0 saturated heterocycles. The Hall–Kier alpha value is -3.18. The van der Waals surface area contributed by atoms with Gasteiger partial charge in [0.15, 0.2) is 5.76 Å². The molecule has 122 valence electrons. The first-order chi connectivity index (χ1) is 11.4. The highest BCUT2D eigenvalue weighted by molar-refractivity contribution is 7.03. The van der Waals surface area contributed by atoms with Gasteiger partial charge in [-0.25, -0.2) is 0 Å². The number of hydrogen-bond acceptors (Lipinski definition) is 9. The molecule has 0 saturated carbocycles. The fourth-order valence-electron chi connectivity index (χ4n) is 2.07. The van der Waals surface area contributed by atoms with Crippen molar-refractivity contribution in [2.45, 2.75) is 0 Å². The SMILES string of the molecule is O=C1C(O)=C/C(=c2\nns\c2=C2\C=CC=C(F)N2O)C=C1[N+](=O)[O-]. The van der Waals surface area contributed by atoms with Crippen LogP contribution < -0.4 is 9.88 Å². The molecule has 0 radical (unpaired) electrons. The number of hydrogen-bond donors (Lipinski definition) is 2. The fraction of sp³-hybridized carbons (Fsp3) is 0. The average Bonchev–Trinajstić information content (AvgIpc) is 3.01. The third kappa shape index (κ3) is 2.51. The number of Topliss-reactive ketones (excluding diaryl/α,β-unsaturated/α-hetero) is 1. The van der Waals surface area contributed by atoms with Gasteiger partial charge in [0.05, 0.1) is 10.6 Å². The zero-order chi connectivity index (χ0) is 17.4. The Balaban J connectivity index is 2.34. The second-order valence-electron chi connectivity index (χ2n) is 4.60.